The van der Waals surface area contributed by atoms with Crippen molar-refractivity contribution in [3.8, 4) is 11.3 Å². The zero-order chi connectivity index (χ0) is 24.2. The van der Waals surface area contributed by atoms with Crippen molar-refractivity contribution in [1.29, 1.82) is 0 Å². The number of hydrogen-bond acceptors (Lipinski definition) is 4. The molecule has 0 unspecified atom stereocenters. The summed E-state index contributed by atoms with van der Waals surface area (Å²) in [6, 6.07) is 21.2. The average molecular weight is 475 g/mol. The smallest absolute Gasteiger partial charge is 0.274 e. The van der Waals surface area contributed by atoms with Crippen LogP contribution in [0.25, 0.3) is 22.0 Å². The summed E-state index contributed by atoms with van der Waals surface area (Å²) >= 11 is 6.02. The third-order valence-corrected chi connectivity index (χ3v) is 5.61. The first-order chi connectivity index (χ1) is 16.3. The number of amides is 2. The highest BCUT2D eigenvalue weighted by atomic mass is 35.5. The fraction of sp³-hybridized carbons (Fsp3) is 0.154. The molecule has 3 aromatic carbocycles. The molecule has 0 radical (unpaired) electrons. The molecule has 7 nitrogen and oxygen atoms in total. The van der Waals surface area contributed by atoms with Crippen LogP contribution in [-0.2, 0) is 11.3 Å². The topological polar surface area (TPSA) is 84.3 Å². The second kappa shape index (κ2) is 9.89. The van der Waals surface area contributed by atoms with E-state index in [0.717, 1.165) is 10.9 Å². The summed E-state index contributed by atoms with van der Waals surface area (Å²) in [6.45, 7) is 0.118. The molecule has 172 valence electrons. The van der Waals surface area contributed by atoms with Crippen LogP contribution in [0.5, 0.6) is 0 Å². The molecule has 1 N–H and O–H groups in total. The van der Waals surface area contributed by atoms with Crippen molar-refractivity contribution in [2.45, 2.75) is 13.0 Å². The standard InChI is InChI=1S/C26H23ClN4O3/c1-30(2)25(33)18-9-13-20(14-10-18)28-23(32)15-16-31-26(34)22-6-4-3-5-21(22)24(29-31)17-7-11-19(27)12-8-17/h3-14H,15-16H2,1-2H3,(H,28,32). The van der Waals surface area contributed by atoms with Gasteiger partial charge in [-0.15, -0.1) is 0 Å². The lowest BCUT2D eigenvalue weighted by atomic mass is 10.1. The average Bonchev–Trinajstić information content (AvgIpc) is 2.84. The number of fused-ring (bicyclic) bond motifs is 1. The number of halogens is 1. The first-order valence-electron chi connectivity index (χ1n) is 10.7. The number of anilines is 1. The fourth-order valence-electron chi connectivity index (χ4n) is 3.59. The van der Waals surface area contributed by atoms with E-state index in [0.29, 0.717) is 27.4 Å². The monoisotopic (exact) mass is 474 g/mol. The maximum absolute atomic E-state index is 13.0. The summed E-state index contributed by atoms with van der Waals surface area (Å²) in [5, 5.41) is 9.24. The normalized spacial score (nSPS) is 10.8. The predicted molar refractivity (Wildman–Crippen MR) is 134 cm³/mol. The van der Waals surface area contributed by atoms with Gasteiger partial charge in [0.25, 0.3) is 11.5 Å². The Labute approximate surface area is 201 Å². The lowest BCUT2D eigenvalue weighted by Gasteiger charge is -2.12. The van der Waals surface area contributed by atoms with Crippen LogP contribution in [0.2, 0.25) is 5.02 Å². The summed E-state index contributed by atoms with van der Waals surface area (Å²) in [7, 11) is 3.36. The van der Waals surface area contributed by atoms with Crippen molar-refractivity contribution in [1.82, 2.24) is 14.7 Å². The number of benzene rings is 3. The van der Waals surface area contributed by atoms with Gasteiger partial charge in [0, 0.05) is 47.7 Å². The Hall–Kier alpha value is -3.97. The first kappa shape index (κ1) is 23.2. The maximum Gasteiger partial charge on any atom is 0.274 e. The number of rotatable bonds is 6. The summed E-state index contributed by atoms with van der Waals surface area (Å²) in [4.78, 5) is 39.0. The number of nitrogens with zero attached hydrogens (tertiary/aromatic N) is 3. The number of carbonyl (C=O) groups excluding carboxylic acids is 2. The van der Waals surface area contributed by atoms with Crippen LogP contribution in [-0.4, -0.2) is 40.6 Å². The van der Waals surface area contributed by atoms with E-state index >= 15 is 0 Å². The Bertz CT molecular complexity index is 1410. The van der Waals surface area contributed by atoms with Gasteiger partial charge in [0.2, 0.25) is 5.91 Å². The van der Waals surface area contributed by atoms with Crippen LogP contribution in [0, 0.1) is 0 Å². The van der Waals surface area contributed by atoms with Crippen molar-refractivity contribution < 1.29 is 9.59 Å². The molecular formula is C26H23ClN4O3. The minimum Gasteiger partial charge on any atom is -0.345 e. The minimum absolute atomic E-state index is 0.0592. The highest BCUT2D eigenvalue weighted by molar-refractivity contribution is 6.30. The molecule has 1 aromatic heterocycles. The minimum atomic E-state index is -0.262. The van der Waals surface area contributed by atoms with E-state index in [1.807, 2.05) is 24.3 Å². The van der Waals surface area contributed by atoms with Crippen molar-refractivity contribution in [2.75, 3.05) is 19.4 Å². The molecule has 0 fully saturated rings. The Balaban J connectivity index is 1.54. The van der Waals surface area contributed by atoms with Crippen LogP contribution in [0.3, 0.4) is 0 Å². The van der Waals surface area contributed by atoms with E-state index in [2.05, 4.69) is 10.4 Å². The van der Waals surface area contributed by atoms with Gasteiger partial charge in [0.05, 0.1) is 17.6 Å². The van der Waals surface area contributed by atoms with Crippen molar-refractivity contribution in [2.24, 2.45) is 0 Å². The zero-order valence-corrected chi connectivity index (χ0v) is 19.5. The van der Waals surface area contributed by atoms with Gasteiger partial charge in [-0.25, -0.2) is 4.68 Å². The Morgan fingerprint density at radius 3 is 2.24 bits per heavy atom. The second-order valence-corrected chi connectivity index (χ2v) is 8.44. The third-order valence-electron chi connectivity index (χ3n) is 5.36. The molecule has 0 spiro atoms. The van der Waals surface area contributed by atoms with Gasteiger partial charge < -0.3 is 10.2 Å². The van der Waals surface area contributed by atoms with Crippen LogP contribution in [0.15, 0.2) is 77.6 Å². The zero-order valence-electron chi connectivity index (χ0n) is 18.8. The van der Waals surface area contributed by atoms with E-state index in [-0.39, 0.29) is 30.3 Å². The highest BCUT2D eigenvalue weighted by Gasteiger charge is 2.14. The molecule has 0 atom stereocenters. The molecule has 0 aliphatic rings. The lowest BCUT2D eigenvalue weighted by molar-refractivity contribution is -0.116. The van der Waals surface area contributed by atoms with E-state index in [1.165, 1.54) is 9.58 Å². The van der Waals surface area contributed by atoms with Gasteiger partial charge in [0.1, 0.15) is 0 Å². The molecule has 4 aromatic rings. The van der Waals surface area contributed by atoms with E-state index in [4.69, 9.17) is 11.6 Å². The van der Waals surface area contributed by atoms with Gasteiger partial charge in [-0.2, -0.15) is 5.10 Å². The van der Waals surface area contributed by atoms with Gasteiger partial charge in [-0.1, -0.05) is 41.9 Å². The highest BCUT2D eigenvalue weighted by Crippen LogP contribution is 2.26. The molecule has 34 heavy (non-hydrogen) atoms. The fourth-order valence-corrected chi connectivity index (χ4v) is 3.72. The van der Waals surface area contributed by atoms with Crippen molar-refractivity contribution >= 4 is 39.9 Å². The van der Waals surface area contributed by atoms with Crippen LogP contribution in [0.4, 0.5) is 5.69 Å². The largest absolute Gasteiger partial charge is 0.345 e. The molecule has 0 bridgehead atoms. The number of carbonyl (C=O) groups is 2. The van der Waals surface area contributed by atoms with Crippen LogP contribution < -0.4 is 10.9 Å². The van der Waals surface area contributed by atoms with Gasteiger partial charge in [-0.05, 0) is 42.5 Å². The summed E-state index contributed by atoms with van der Waals surface area (Å²) < 4.78 is 1.32. The van der Waals surface area contributed by atoms with Gasteiger partial charge in [-0.3, -0.25) is 14.4 Å². The van der Waals surface area contributed by atoms with Crippen molar-refractivity contribution in [3.05, 3.63) is 93.7 Å². The number of aryl methyl sites for hydroxylation is 1. The Kier molecular flexibility index (Phi) is 6.75. The van der Waals surface area contributed by atoms with Gasteiger partial charge >= 0.3 is 0 Å². The first-order valence-corrected chi connectivity index (χ1v) is 11.1. The molecule has 0 aliphatic carbocycles. The molecule has 2 amide bonds. The molecular weight excluding hydrogens is 452 g/mol. The molecule has 0 saturated heterocycles. The predicted octanol–water partition coefficient (Wildman–Crippen LogP) is 4.45. The van der Waals surface area contributed by atoms with Crippen LogP contribution >= 0.6 is 11.6 Å². The Morgan fingerprint density at radius 1 is 0.941 bits per heavy atom. The van der Waals surface area contributed by atoms with E-state index in [1.54, 1.807) is 62.6 Å². The SMILES string of the molecule is CN(C)C(=O)c1ccc(NC(=O)CCn2nc(-c3ccc(Cl)cc3)c3ccccc3c2=O)cc1. The van der Waals surface area contributed by atoms with E-state index in [9.17, 15) is 14.4 Å². The van der Waals surface area contributed by atoms with Crippen molar-refractivity contribution in [3.63, 3.8) is 0 Å². The molecule has 0 saturated carbocycles. The molecule has 0 aliphatic heterocycles. The maximum atomic E-state index is 13.0. The number of hydrogen-bond donors (Lipinski definition) is 1. The Morgan fingerprint density at radius 2 is 1.59 bits per heavy atom. The summed E-state index contributed by atoms with van der Waals surface area (Å²) in [6.07, 6.45) is 0.0592. The second-order valence-electron chi connectivity index (χ2n) is 8.00. The quantitative estimate of drug-likeness (QED) is 0.447. The third kappa shape index (κ3) is 5.00. The summed E-state index contributed by atoms with van der Waals surface area (Å²) in [5.41, 5.74) is 2.32. The molecule has 4 rings (SSSR count). The van der Waals surface area contributed by atoms with Gasteiger partial charge in [0.15, 0.2) is 0 Å². The lowest BCUT2D eigenvalue weighted by Crippen LogP contribution is -2.26. The molecule has 8 heteroatoms. The van der Waals surface area contributed by atoms with E-state index < -0.39 is 0 Å². The van der Waals surface area contributed by atoms with Crippen LogP contribution in [0.1, 0.15) is 16.8 Å². The number of aromatic nitrogens is 2. The number of nitrogens with one attached hydrogen (secondary N) is 1. The summed E-state index contributed by atoms with van der Waals surface area (Å²) in [5.74, 6) is -0.377. The molecule has 1 heterocycles.